The molecule has 3 heteroatoms. The summed E-state index contributed by atoms with van der Waals surface area (Å²) in [6.07, 6.45) is 2.86. The van der Waals surface area contributed by atoms with Crippen LogP contribution in [-0.4, -0.2) is 19.7 Å². The summed E-state index contributed by atoms with van der Waals surface area (Å²) in [6, 6.07) is 9.53. The number of carbonyl (C=O) groups is 1. The lowest BCUT2D eigenvalue weighted by atomic mass is 9.75. The van der Waals surface area contributed by atoms with Crippen molar-refractivity contribution in [2.24, 2.45) is 0 Å². The van der Waals surface area contributed by atoms with Crippen LogP contribution in [0, 0.1) is 0 Å². The molecule has 17 heavy (non-hydrogen) atoms. The van der Waals surface area contributed by atoms with Gasteiger partial charge in [0.15, 0.2) is 14.1 Å². The van der Waals surface area contributed by atoms with E-state index >= 15 is 0 Å². The Labute approximate surface area is 104 Å². The van der Waals surface area contributed by atoms with Gasteiger partial charge in [-0.05, 0) is 38.9 Å². The van der Waals surface area contributed by atoms with Gasteiger partial charge in [-0.2, -0.15) is 0 Å². The van der Waals surface area contributed by atoms with Crippen LogP contribution in [0.1, 0.15) is 29.6 Å². The van der Waals surface area contributed by atoms with E-state index in [9.17, 15) is 4.79 Å². The minimum Gasteiger partial charge on any atom is -0.405 e. The van der Waals surface area contributed by atoms with E-state index in [4.69, 9.17) is 4.43 Å². The fraction of sp³-hybridized carbons (Fsp3) is 0.500. The number of hydrogen-bond acceptors (Lipinski definition) is 2. The highest BCUT2D eigenvalue weighted by Crippen LogP contribution is 2.40. The van der Waals surface area contributed by atoms with Crippen molar-refractivity contribution in [1.82, 2.24) is 0 Å². The Morgan fingerprint density at radius 2 is 1.76 bits per heavy atom. The molecule has 0 aromatic heterocycles. The maximum Gasteiger partial charge on any atom is 0.193 e. The number of carbonyl (C=O) groups excluding carboxylic acids is 1. The minimum atomic E-state index is -1.68. The first-order chi connectivity index (χ1) is 7.93. The normalized spacial score (nSPS) is 18.5. The van der Waals surface area contributed by atoms with E-state index < -0.39 is 13.9 Å². The Bertz CT molecular complexity index is 402. The van der Waals surface area contributed by atoms with Crippen LogP contribution < -0.4 is 0 Å². The lowest BCUT2D eigenvalue weighted by Crippen LogP contribution is -2.53. The first-order valence-electron chi connectivity index (χ1n) is 6.23. The van der Waals surface area contributed by atoms with E-state index in [2.05, 4.69) is 19.6 Å². The van der Waals surface area contributed by atoms with Crippen LogP contribution in [0.15, 0.2) is 30.3 Å². The zero-order valence-electron chi connectivity index (χ0n) is 10.8. The van der Waals surface area contributed by atoms with Crippen molar-refractivity contribution >= 4 is 14.1 Å². The van der Waals surface area contributed by atoms with Crippen molar-refractivity contribution in [2.45, 2.75) is 44.5 Å². The molecular weight excluding hydrogens is 228 g/mol. The molecule has 1 aliphatic carbocycles. The molecule has 2 rings (SSSR count). The Balaban J connectivity index is 2.22. The van der Waals surface area contributed by atoms with Crippen molar-refractivity contribution in [3.63, 3.8) is 0 Å². The average molecular weight is 248 g/mol. The van der Waals surface area contributed by atoms with Gasteiger partial charge in [-0.1, -0.05) is 30.3 Å². The molecule has 2 nitrogen and oxygen atoms in total. The van der Waals surface area contributed by atoms with Gasteiger partial charge in [0, 0.05) is 5.56 Å². The topological polar surface area (TPSA) is 26.3 Å². The Hall–Kier alpha value is -0.933. The van der Waals surface area contributed by atoms with Gasteiger partial charge >= 0.3 is 0 Å². The van der Waals surface area contributed by atoms with Crippen LogP contribution in [0.2, 0.25) is 19.6 Å². The zero-order valence-corrected chi connectivity index (χ0v) is 11.8. The second kappa shape index (κ2) is 4.39. The Kier molecular flexibility index (Phi) is 3.23. The molecule has 92 valence electrons. The fourth-order valence-corrected chi connectivity index (χ4v) is 3.78. The van der Waals surface area contributed by atoms with Gasteiger partial charge in [0.2, 0.25) is 0 Å². The van der Waals surface area contributed by atoms with Gasteiger partial charge in [-0.15, -0.1) is 0 Å². The van der Waals surface area contributed by atoms with Crippen molar-refractivity contribution in [1.29, 1.82) is 0 Å². The fourth-order valence-electron chi connectivity index (χ4n) is 2.31. The average Bonchev–Trinajstić information content (AvgIpc) is 2.23. The summed E-state index contributed by atoms with van der Waals surface area (Å²) in [4.78, 5) is 12.5. The summed E-state index contributed by atoms with van der Waals surface area (Å²) in [5, 5.41) is 0. The molecule has 0 N–H and O–H groups in total. The number of ketones is 1. The largest absolute Gasteiger partial charge is 0.405 e. The van der Waals surface area contributed by atoms with Gasteiger partial charge in [0.05, 0.1) is 0 Å². The maximum atomic E-state index is 12.5. The predicted molar refractivity (Wildman–Crippen MR) is 71.8 cm³/mol. The van der Waals surface area contributed by atoms with Gasteiger partial charge in [0.1, 0.15) is 5.60 Å². The van der Waals surface area contributed by atoms with E-state index in [0.717, 1.165) is 24.8 Å². The van der Waals surface area contributed by atoms with Crippen molar-refractivity contribution in [3.8, 4) is 0 Å². The third-order valence-corrected chi connectivity index (χ3v) is 4.12. The summed E-state index contributed by atoms with van der Waals surface area (Å²) >= 11 is 0. The molecule has 1 saturated carbocycles. The molecule has 1 aliphatic rings. The van der Waals surface area contributed by atoms with Crippen LogP contribution in [0.3, 0.4) is 0 Å². The quantitative estimate of drug-likeness (QED) is 0.600. The molecular formula is C14H20O2Si. The monoisotopic (exact) mass is 248 g/mol. The predicted octanol–water partition coefficient (Wildman–Crippen LogP) is 3.64. The van der Waals surface area contributed by atoms with E-state index in [-0.39, 0.29) is 5.78 Å². The molecule has 1 fully saturated rings. The molecule has 0 saturated heterocycles. The molecule has 0 atom stereocenters. The summed E-state index contributed by atoms with van der Waals surface area (Å²) in [5.74, 6) is 0.173. The van der Waals surface area contributed by atoms with E-state index in [1.54, 1.807) is 0 Å². The minimum absolute atomic E-state index is 0.173. The first-order valence-corrected chi connectivity index (χ1v) is 9.64. The molecule has 0 spiro atoms. The van der Waals surface area contributed by atoms with Gasteiger partial charge in [0.25, 0.3) is 0 Å². The Morgan fingerprint density at radius 3 is 2.18 bits per heavy atom. The molecule has 0 heterocycles. The Morgan fingerprint density at radius 1 is 1.18 bits per heavy atom. The van der Waals surface area contributed by atoms with Crippen LogP contribution in [0.4, 0.5) is 0 Å². The SMILES string of the molecule is C[Si](C)(C)OC1(C(=O)c2ccccc2)CCC1. The number of benzene rings is 1. The highest BCUT2D eigenvalue weighted by Gasteiger charge is 2.47. The number of hydrogen-bond donors (Lipinski definition) is 0. The second-order valence-corrected chi connectivity index (χ2v) is 10.2. The van der Waals surface area contributed by atoms with E-state index in [1.165, 1.54) is 0 Å². The molecule has 1 aromatic rings. The van der Waals surface area contributed by atoms with E-state index in [0.29, 0.717) is 0 Å². The summed E-state index contributed by atoms with van der Waals surface area (Å²) in [5.41, 5.74) is 0.275. The van der Waals surface area contributed by atoms with Gasteiger partial charge in [-0.25, -0.2) is 0 Å². The number of rotatable bonds is 4. The summed E-state index contributed by atoms with van der Waals surface area (Å²) < 4.78 is 6.17. The first kappa shape index (κ1) is 12.5. The maximum absolute atomic E-state index is 12.5. The lowest BCUT2D eigenvalue weighted by molar-refractivity contribution is -0.000366. The standard InChI is InChI=1S/C14H20O2Si/c1-17(2,3)16-14(10-7-11-14)13(15)12-8-5-4-6-9-12/h4-6,8-9H,7,10-11H2,1-3H3. The van der Waals surface area contributed by atoms with Crippen molar-refractivity contribution in [2.75, 3.05) is 0 Å². The third kappa shape index (κ3) is 2.67. The highest BCUT2D eigenvalue weighted by molar-refractivity contribution is 6.70. The van der Waals surface area contributed by atoms with Crippen LogP contribution in [0.25, 0.3) is 0 Å². The van der Waals surface area contributed by atoms with Gasteiger partial charge < -0.3 is 4.43 Å². The second-order valence-electron chi connectivity index (χ2n) is 5.76. The molecule has 1 aromatic carbocycles. The van der Waals surface area contributed by atoms with Crippen LogP contribution in [-0.2, 0) is 4.43 Å². The van der Waals surface area contributed by atoms with Crippen LogP contribution >= 0.6 is 0 Å². The molecule has 0 unspecified atom stereocenters. The smallest absolute Gasteiger partial charge is 0.193 e. The summed E-state index contributed by atoms with van der Waals surface area (Å²) in [7, 11) is -1.68. The number of Topliss-reactive ketones (excluding diaryl/α,β-unsaturated/α-hetero) is 1. The highest BCUT2D eigenvalue weighted by atomic mass is 28.4. The summed E-state index contributed by atoms with van der Waals surface area (Å²) in [6.45, 7) is 6.43. The molecule has 0 radical (unpaired) electrons. The molecule has 0 amide bonds. The molecule has 0 aliphatic heterocycles. The third-order valence-electron chi connectivity index (χ3n) is 3.11. The molecule has 0 bridgehead atoms. The zero-order chi connectivity index (χ0) is 12.5. The van der Waals surface area contributed by atoms with E-state index in [1.807, 2.05) is 30.3 Å². The van der Waals surface area contributed by atoms with Gasteiger partial charge in [-0.3, -0.25) is 4.79 Å². The van der Waals surface area contributed by atoms with Crippen molar-refractivity contribution in [3.05, 3.63) is 35.9 Å². The van der Waals surface area contributed by atoms with Crippen LogP contribution in [0.5, 0.6) is 0 Å². The van der Waals surface area contributed by atoms with Crippen molar-refractivity contribution < 1.29 is 9.22 Å². The lowest BCUT2D eigenvalue weighted by Gasteiger charge is -2.44.